The zero-order valence-electron chi connectivity index (χ0n) is 16.7. The molecule has 0 N–H and O–H groups in total. The predicted molar refractivity (Wildman–Crippen MR) is 107 cm³/mol. The molecule has 164 valence electrons. The van der Waals surface area contributed by atoms with Crippen molar-refractivity contribution in [3.63, 3.8) is 0 Å². The van der Waals surface area contributed by atoms with Crippen LogP contribution in [-0.2, 0) is 20.6 Å². The molecule has 2 aliphatic heterocycles. The summed E-state index contributed by atoms with van der Waals surface area (Å²) in [5.74, 6) is -1.67. The van der Waals surface area contributed by atoms with E-state index in [0.29, 0.717) is 11.4 Å². The van der Waals surface area contributed by atoms with Gasteiger partial charge in [-0.05, 0) is 55.5 Å². The molecule has 0 spiro atoms. The van der Waals surface area contributed by atoms with Gasteiger partial charge in [0, 0.05) is 0 Å². The third-order valence-corrected chi connectivity index (χ3v) is 5.69. The number of hydrogen-bond acceptors (Lipinski definition) is 5. The third kappa shape index (κ3) is 3.16. The molecule has 3 atom stereocenters. The van der Waals surface area contributed by atoms with E-state index in [9.17, 15) is 22.8 Å². The molecule has 0 bridgehead atoms. The number of aryl methyl sites for hydroxylation is 1. The molecule has 2 aliphatic rings. The third-order valence-electron chi connectivity index (χ3n) is 5.69. The molecular weight excluding hydrogens is 425 g/mol. The molecule has 2 aromatic carbocycles. The van der Waals surface area contributed by atoms with E-state index in [4.69, 9.17) is 9.25 Å². The second kappa shape index (κ2) is 7.23. The van der Waals surface area contributed by atoms with Gasteiger partial charge in [0.15, 0.2) is 6.10 Å². The normalized spacial score (nSPS) is 23.2. The molecule has 2 amide bonds. The molecule has 3 aromatic rings. The maximum Gasteiger partial charge on any atom is 0.416 e. The van der Waals surface area contributed by atoms with E-state index in [1.165, 1.54) is 11.3 Å². The van der Waals surface area contributed by atoms with Gasteiger partial charge in [-0.3, -0.25) is 14.4 Å². The van der Waals surface area contributed by atoms with E-state index in [1.807, 2.05) is 31.2 Å². The molecule has 0 radical (unpaired) electrons. The summed E-state index contributed by atoms with van der Waals surface area (Å²) in [6.45, 7) is 1.93. The molecule has 6 nitrogen and oxygen atoms in total. The number of amides is 2. The van der Waals surface area contributed by atoms with Crippen molar-refractivity contribution in [2.24, 2.45) is 5.92 Å². The van der Waals surface area contributed by atoms with Gasteiger partial charge in [0.1, 0.15) is 17.7 Å². The second-order valence-corrected chi connectivity index (χ2v) is 7.73. The molecule has 2 saturated heterocycles. The molecule has 1 aromatic heterocycles. The molecular formula is C23H17F3N2O4. The van der Waals surface area contributed by atoms with E-state index in [0.717, 1.165) is 34.7 Å². The number of imide groups is 1. The maximum absolute atomic E-state index is 13.4. The SMILES string of the molecule is Cc1ccc(N2O[C@@H]3C(=O)N(c4ccc(C(F)(F)F)cc4)C(=O)[C@H]3[C@H]2c2ccco2)cc1. The topological polar surface area (TPSA) is 63.0 Å². The number of furan rings is 1. The largest absolute Gasteiger partial charge is 0.467 e. The number of halogens is 3. The Hall–Kier alpha value is -3.59. The average molecular weight is 442 g/mol. The zero-order chi connectivity index (χ0) is 22.6. The summed E-state index contributed by atoms with van der Waals surface area (Å²) in [7, 11) is 0. The summed E-state index contributed by atoms with van der Waals surface area (Å²) in [6.07, 6.45) is -4.18. The number of anilines is 2. The van der Waals surface area contributed by atoms with Crippen molar-refractivity contribution in [2.75, 3.05) is 9.96 Å². The number of rotatable bonds is 3. The Bertz CT molecular complexity index is 1160. The van der Waals surface area contributed by atoms with Crippen LogP contribution >= 0.6 is 0 Å². The number of fused-ring (bicyclic) bond motifs is 1. The Kier molecular flexibility index (Phi) is 4.59. The predicted octanol–water partition coefficient (Wildman–Crippen LogP) is 4.66. The van der Waals surface area contributed by atoms with Gasteiger partial charge in [0.2, 0.25) is 5.91 Å². The van der Waals surface area contributed by atoms with Gasteiger partial charge in [0.05, 0.1) is 23.2 Å². The first-order valence-corrected chi connectivity index (χ1v) is 9.87. The summed E-state index contributed by atoms with van der Waals surface area (Å²) < 4.78 is 44.2. The van der Waals surface area contributed by atoms with Crippen molar-refractivity contribution in [1.82, 2.24) is 0 Å². The lowest BCUT2D eigenvalue weighted by atomic mass is 9.94. The van der Waals surface area contributed by atoms with Gasteiger partial charge in [0.25, 0.3) is 5.91 Å². The van der Waals surface area contributed by atoms with Gasteiger partial charge in [-0.15, -0.1) is 0 Å². The van der Waals surface area contributed by atoms with Crippen LogP contribution in [0.15, 0.2) is 71.3 Å². The maximum atomic E-state index is 13.4. The number of alkyl halides is 3. The highest BCUT2D eigenvalue weighted by atomic mass is 19.4. The molecule has 5 rings (SSSR count). The Morgan fingerprint density at radius 2 is 1.53 bits per heavy atom. The van der Waals surface area contributed by atoms with Crippen LogP contribution < -0.4 is 9.96 Å². The first kappa shape index (κ1) is 20.3. The van der Waals surface area contributed by atoms with Crippen molar-refractivity contribution in [1.29, 1.82) is 0 Å². The van der Waals surface area contributed by atoms with Gasteiger partial charge in [-0.25, -0.2) is 9.96 Å². The number of hydroxylamine groups is 1. The quantitative estimate of drug-likeness (QED) is 0.553. The summed E-state index contributed by atoms with van der Waals surface area (Å²) in [5, 5.41) is 1.49. The average Bonchev–Trinajstić information content (AvgIpc) is 3.46. The molecule has 0 aliphatic carbocycles. The van der Waals surface area contributed by atoms with E-state index in [1.54, 1.807) is 12.1 Å². The fraction of sp³-hybridized carbons (Fsp3) is 0.217. The van der Waals surface area contributed by atoms with Crippen LogP contribution in [0.4, 0.5) is 24.5 Å². The molecule has 0 unspecified atom stereocenters. The molecule has 2 fully saturated rings. The summed E-state index contributed by atoms with van der Waals surface area (Å²) in [5.41, 5.74) is 0.873. The molecule has 32 heavy (non-hydrogen) atoms. The molecule has 9 heteroatoms. The number of nitrogens with zero attached hydrogens (tertiary/aromatic N) is 2. The molecule has 0 saturated carbocycles. The van der Waals surface area contributed by atoms with E-state index >= 15 is 0 Å². The van der Waals surface area contributed by atoms with Crippen LogP contribution in [0, 0.1) is 12.8 Å². The minimum absolute atomic E-state index is 0.0612. The lowest BCUT2D eigenvalue weighted by Gasteiger charge is -2.27. The number of carbonyl (C=O) groups is 2. The minimum atomic E-state index is -4.52. The minimum Gasteiger partial charge on any atom is -0.467 e. The zero-order valence-corrected chi connectivity index (χ0v) is 16.7. The first-order valence-electron chi connectivity index (χ1n) is 9.87. The Labute approximate surface area is 180 Å². The monoisotopic (exact) mass is 442 g/mol. The number of benzene rings is 2. The Morgan fingerprint density at radius 1 is 0.875 bits per heavy atom. The Balaban J connectivity index is 1.51. The fourth-order valence-electron chi connectivity index (χ4n) is 4.13. The van der Waals surface area contributed by atoms with Crippen molar-refractivity contribution in [3.05, 3.63) is 83.8 Å². The number of carbonyl (C=O) groups excluding carboxylic acids is 2. The van der Waals surface area contributed by atoms with E-state index in [2.05, 4.69) is 0 Å². The first-order chi connectivity index (χ1) is 15.3. The van der Waals surface area contributed by atoms with Crippen LogP contribution in [0.1, 0.15) is 22.9 Å². The highest BCUT2D eigenvalue weighted by molar-refractivity contribution is 6.23. The van der Waals surface area contributed by atoms with Crippen LogP contribution in [0.5, 0.6) is 0 Å². The highest BCUT2D eigenvalue weighted by Gasteiger charge is 2.61. The van der Waals surface area contributed by atoms with E-state index in [-0.39, 0.29) is 5.69 Å². The summed E-state index contributed by atoms with van der Waals surface area (Å²) in [4.78, 5) is 33.3. The highest BCUT2D eigenvalue weighted by Crippen LogP contribution is 2.47. The summed E-state index contributed by atoms with van der Waals surface area (Å²) >= 11 is 0. The number of hydrogen-bond donors (Lipinski definition) is 0. The van der Waals surface area contributed by atoms with Crippen molar-refractivity contribution < 1.29 is 32.0 Å². The lowest BCUT2D eigenvalue weighted by molar-refractivity contribution is -0.137. The fourth-order valence-corrected chi connectivity index (χ4v) is 4.13. The van der Waals surface area contributed by atoms with Crippen molar-refractivity contribution in [2.45, 2.75) is 25.2 Å². The van der Waals surface area contributed by atoms with Gasteiger partial charge in [-0.2, -0.15) is 13.2 Å². The smallest absolute Gasteiger partial charge is 0.416 e. The summed E-state index contributed by atoms with van der Waals surface area (Å²) in [6, 6.07) is 13.9. The molecule has 3 heterocycles. The van der Waals surface area contributed by atoms with Crippen LogP contribution in [0.2, 0.25) is 0 Å². The van der Waals surface area contributed by atoms with Crippen LogP contribution in [0.25, 0.3) is 0 Å². The van der Waals surface area contributed by atoms with E-state index < -0.39 is 41.6 Å². The lowest BCUT2D eigenvalue weighted by Crippen LogP contribution is -2.37. The second-order valence-electron chi connectivity index (χ2n) is 7.73. The van der Waals surface area contributed by atoms with Crippen LogP contribution in [0.3, 0.4) is 0 Å². The standard InChI is InChI=1S/C23H17F3N2O4/c1-13-4-8-16(9-5-13)28-19(17-3-2-12-31-17)18-20(32-28)22(30)27(21(18)29)15-10-6-14(7-11-15)23(24,25)26/h2-12,18-20H,1H3/t18-,19+,20-/m0/s1. The van der Waals surface area contributed by atoms with Gasteiger partial charge >= 0.3 is 6.18 Å². The van der Waals surface area contributed by atoms with Crippen molar-refractivity contribution in [3.8, 4) is 0 Å². The Morgan fingerprint density at radius 3 is 2.12 bits per heavy atom. The van der Waals surface area contributed by atoms with Gasteiger partial charge in [-0.1, -0.05) is 17.7 Å². The van der Waals surface area contributed by atoms with Gasteiger partial charge < -0.3 is 4.42 Å². The van der Waals surface area contributed by atoms with Crippen molar-refractivity contribution >= 4 is 23.2 Å². The van der Waals surface area contributed by atoms with Crippen LogP contribution in [-0.4, -0.2) is 17.9 Å².